The number of anilines is 1. The third-order valence-corrected chi connectivity index (χ3v) is 2.90. The van der Waals surface area contributed by atoms with E-state index in [1.165, 1.54) is 12.5 Å². The minimum atomic E-state index is -4.24. The highest BCUT2D eigenvalue weighted by atomic mass is 79.9. The van der Waals surface area contributed by atoms with Crippen LogP contribution in [0.25, 0.3) is 0 Å². The normalized spacial score (nSPS) is 18.7. The Bertz CT molecular complexity index is 376. The maximum Gasteiger partial charge on any atom is 0.411 e. The van der Waals surface area contributed by atoms with E-state index >= 15 is 0 Å². The lowest BCUT2D eigenvalue weighted by Crippen LogP contribution is -2.39. The summed E-state index contributed by atoms with van der Waals surface area (Å²) in [6, 6.07) is 0. The molecule has 82 valence electrons. The van der Waals surface area contributed by atoms with Gasteiger partial charge in [-0.15, -0.1) is 0 Å². The van der Waals surface area contributed by atoms with Gasteiger partial charge >= 0.3 is 6.18 Å². The van der Waals surface area contributed by atoms with Crippen molar-refractivity contribution in [3.63, 3.8) is 0 Å². The average Bonchev–Trinajstić information content (AvgIpc) is 2.89. The van der Waals surface area contributed by atoms with E-state index in [1.54, 1.807) is 0 Å². The highest BCUT2D eigenvalue weighted by Gasteiger charge is 2.63. The Balaban J connectivity index is 2.20. The van der Waals surface area contributed by atoms with Gasteiger partial charge < -0.3 is 5.32 Å². The lowest BCUT2D eigenvalue weighted by molar-refractivity contribution is -0.151. The van der Waals surface area contributed by atoms with E-state index < -0.39 is 11.7 Å². The van der Waals surface area contributed by atoms with Crippen LogP contribution in [0.2, 0.25) is 0 Å². The molecule has 0 spiro atoms. The second kappa shape index (κ2) is 3.33. The van der Waals surface area contributed by atoms with Gasteiger partial charge in [0.2, 0.25) is 0 Å². The van der Waals surface area contributed by atoms with E-state index in [1.807, 2.05) is 0 Å². The minimum absolute atomic E-state index is 0.0902. The van der Waals surface area contributed by atoms with Crippen LogP contribution < -0.4 is 5.32 Å². The summed E-state index contributed by atoms with van der Waals surface area (Å²) < 4.78 is 38.2. The predicted octanol–water partition coefficient (Wildman–Crippen LogP) is 2.75. The standard InChI is InChI=1S/C8H7BrF3N3/c9-5-3-13-4-14-6(5)15-7(1-2-7)8(10,11)12/h3-4H,1-2H2,(H,13,14,15). The molecular formula is C8H7BrF3N3. The van der Waals surface area contributed by atoms with Crippen molar-refractivity contribution in [1.29, 1.82) is 0 Å². The Morgan fingerprint density at radius 2 is 2.07 bits per heavy atom. The van der Waals surface area contributed by atoms with E-state index in [0.717, 1.165) is 0 Å². The molecule has 1 aliphatic carbocycles. The van der Waals surface area contributed by atoms with Gasteiger partial charge in [-0.1, -0.05) is 0 Å². The molecule has 1 aromatic heterocycles. The van der Waals surface area contributed by atoms with Gasteiger partial charge in [0.25, 0.3) is 0 Å². The first-order valence-electron chi connectivity index (χ1n) is 4.25. The molecule has 0 bridgehead atoms. The summed E-state index contributed by atoms with van der Waals surface area (Å²) in [6.45, 7) is 0. The number of aromatic nitrogens is 2. The summed E-state index contributed by atoms with van der Waals surface area (Å²) in [5, 5.41) is 2.41. The number of rotatable bonds is 2. The van der Waals surface area contributed by atoms with Crippen molar-refractivity contribution in [1.82, 2.24) is 9.97 Å². The summed E-state index contributed by atoms with van der Waals surface area (Å²) in [5.74, 6) is 0.180. The van der Waals surface area contributed by atoms with Crippen molar-refractivity contribution in [2.24, 2.45) is 0 Å². The molecule has 15 heavy (non-hydrogen) atoms. The molecule has 1 saturated carbocycles. The SMILES string of the molecule is FC(F)(F)C1(Nc2ncncc2Br)CC1. The maximum absolute atomic E-state index is 12.6. The van der Waals surface area contributed by atoms with Crippen LogP contribution in [-0.2, 0) is 0 Å². The van der Waals surface area contributed by atoms with Crippen LogP contribution >= 0.6 is 15.9 Å². The highest BCUT2D eigenvalue weighted by Crippen LogP contribution is 2.51. The Kier molecular flexibility index (Phi) is 2.37. The van der Waals surface area contributed by atoms with Gasteiger partial charge in [-0.05, 0) is 28.8 Å². The fourth-order valence-corrected chi connectivity index (χ4v) is 1.56. The summed E-state index contributed by atoms with van der Waals surface area (Å²) in [7, 11) is 0. The van der Waals surface area contributed by atoms with Crippen LogP contribution in [0.1, 0.15) is 12.8 Å². The van der Waals surface area contributed by atoms with Gasteiger partial charge in [-0.3, -0.25) is 0 Å². The summed E-state index contributed by atoms with van der Waals surface area (Å²) in [6.07, 6.45) is -1.45. The summed E-state index contributed by atoms with van der Waals surface area (Å²) in [5.41, 5.74) is -1.79. The monoisotopic (exact) mass is 281 g/mol. The molecule has 7 heteroatoms. The number of hydrogen-bond acceptors (Lipinski definition) is 3. The van der Waals surface area contributed by atoms with Gasteiger partial charge in [-0.2, -0.15) is 13.2 Å². The minimum Gasteiger partial charge on any atom is -0.355 e. The van der Waals surface area contributed by atoms with Crippen molar-refractivity contribution < 1.29 is 13.2 Å². The molecule has 3 nitrogen and oxygen atoms in total. The first-order chi connectivity index (χ1) is 6.95. The molecule has 1 fully saturated rings. The van der Waals surface area contributed by atoms with E-state index in [9.17, 15) is 13.2 Å². The Morgan fingerprint density at radius 3 is 2.53 bits per heavy atom. The molecule has 0 atom stereocenters. The van der Waals surface area contributed by atoms with Crippen LogP contribution in [0.4, 0.5) is 19.0 Å². The molecule has 0 aliphatic heterocycles. The largest absolute Gasteiger partial charge is 0.411 e. The molecule has 1 heterocycles. The zero-order chi connectivity index (χ0) is 11.1. The quantitative estimate of drug-likeness (QED) is 0.906. The maximum atomic E-state index is 12.6. The van der Waals surface area contributed by atoms with Crippen molar-refractivity contribution in [3.05, 3.63) is 17.0 Å². The second-order valence-electron chi connectivity index (χ2n) is 3.42. The van der Waals surface area contributed by atoms with Crippen LogP contribution in [-0.4, -0.2) is 21.7 Å². The smallest absolute Gasteiger partial charge is 0.355 e. The number of nitrogens with one attached hydrogen (secondary N) is 1. The first-order valence-corrected chi connectivity index (χ1v) is 5.04. The Hall–Kier alpha value is -0.850. The lowest BCUT2D eigenvalue weighted by Gasteiger charge is -2.21. The van der Waals surface area contributed by atoms with Crippen molar-refractivity contribution in [2.45, 2.75) is 24.6 Å². The van der Waals surface area contributed by atoms with Crippen LogP contribution in [0.5, 0.6) is 0 Å². The molecule has 1 aliphatic rings. The van der Waals surface area contributed by atoms with Crippen LogP contribution in [0.15, 0.2) is 17.0 Å². The topological polar surface area (TPSA) is 37.8 Å². The molecular weight excluding hydrogens is 275 g/mol. The van der Waals surface area contributed by atoms with E-state index in [2.05, 4.69) is 31.2 Å². The number of nitrogens with zero attached hydrogens (tertiary/aromatic N) is 2. The van der Waals surface area contributed by atoms with Crippen LogP contribution in [0.3, 0.4) is 0 Å². The van der Waals surface area contributed by atoms with E-state index in [4.69, 9.17) is 0 Å². The second-order valence-corrected chi connectivity index (χ2v) is 4.28. The predicted molar refractivity (Wildman–Crippen MR) is 51.4 cm³/mol. The molecule has 1 N–H and O–H groups in total. The van der Waals surface area contributed by atoms with Gasteiger partial charge in [0.05, 0.1) is 4.47 Å². The molecule has 0 radical (unpaired) electrons. The first kappa shape index (κ1) is 10.7. The number of alkyl halides is 3. The third-order valence-electron chi connectivity index (χ3n) is 2.32. The van der Waals surface area contributed by atoms with Gasteiger partial charge in [0.15, 0.2) is 0 Å². The van der Waals surface area contributed by atoms with E-state index in [0.29, 0.717) is 4.47 Å². The van der Waals surface area contributed by atoms with Gasteiger partial charge in [0.1, 0.15) is 17.7 Å². The average molecular weight is 282 g/mol. The van der Waals surface area contributed by atoms with E-state index in [-0.39, 0.29) is 18.7 Å². The molecule has 0 saturated heterocycles. The third kappa shape index (κ3) is 1.92. The van der Waals surface area contributed by atoms with Crippen molar-refractivity contribution in [2.75, 3.05) is 5.32 Å². The van der Waals surface area contributed by atoms with Crippen molar-refractivity contribution >= 4 is 21.7 Å². The van der Waals surface area contributed by atoms with Crippen LogP contribution in [0, 0.1) is 0 Å². The summed E-state index contributed by atoms with van der Waals surface area (Å²) >= 11 is 3.09. The Morgan fingerprint density at radius 1 is 1.40 bits per heavy atom. The molecule has 1 aromatic rings. The number of halogens is 4. The molecule has 0 amide bonds. The highest BCUT2D eigenvalue weighted by molar-refractivity contribution is 9.10. The van der Waals surface area contributed by atoms with Crippen molar-refractivity contribution in [3.8, 4) is 0 Å². The summed E-state index contributed by atoms with van der Waals surface area (Å²) in [4.78, 5) is 7.43. The Labute approximate surface area is 92.2 Å². The fraction of sp³-hybridized carbons (Fsp3) is 0.500. The molecule has 2 rings (SSSR count). The molecule has 0 aromatic carbocycles. The fourth-order valence-electron chi connectivity index (χ4n) is 1.24. The zero-order valence-corrected chi connectivity index (χ0v) is 9.06. The molecule has 0 unspecified atom stereocenters. The van der Waals surface area contributed by atoms with Gasteiger partial charge in [-0.25, -0.2) is 9.97 Å². The lowest BCUT2D eigenvalue weighted by atomic mass is 10.2. The zero-order valence-electron chi connectivity index (χ0n) is 7.48. The van der Waals surface area contributed by atoms with Gasteiger partial charge in [0, 0.05) is 6.20 Å². The number of hydrogen-bond donors (Lipinski definition) is 1.